The summed E-state index contributed by atoms with van der Waals surface area (Å²) in [6.07, 6.45) is 4.16. The first kappa shape index (κ1) is 12.0. The van der Waals surface area contributed by atoms with Gasteiger partial charge < -0.3 is 14.5 Å². The third-order valence-electron chi connectivity index (χ3n) is 2.68. The van der Waals surface area contributed by atoms with Gasteiger partial charge in [0.2, 0.25) is 0 Å². The molecule has 0 aliphatic carbocycles. The van der Waals surface area contributed by atoms with Gasteiger partial charge in [0.1, 0.15) is 0 Å². The Morgan fingerprint density at radius 3 is 2.86 bits per heavy atom. The highest BCUT2D eigenvalue weighted by Gasteiger charge is 2.16. The van der Waals surface area contributed by atoms with Crippen LogP contribution in [0.2, 0.25) is 0 Å². The Balaban J connectivity index is 2.00. The van der Waals surface area contributed by atoms with E-state index in [1.54, 1.807) is 0 Å². The Kier molecular flexibility index (Phi) is 5.45. The van der Waals surface area contributed by atoms with Gasteiger partial charge in [-0.2, -0.15) is 0 Å². The molecule has 1 saturated heterocycles. The average molecular weight is 200 g/mol. The SMILES string of the molecule is CN(C)CCCOC1CCCN(C)C1. The number of ether oxygens (including phenoxy) is 1. The Morgan fingerprint density at radius 2 is 2.21 bits per heavy atom. The quantitative estimate of drug-likeness (QED) is 0.617. The number of likely N-dealkylation sites (N-methyl/N-ethyl adjacent to an activating group) is 1. The fraction of sp³-hybridized carbons (Fsp3) is 1.00. The third-order valence-corrected chi connectivity index (χ3v) is 2.68. The number of rotatable bonds is 5. The van der Waals surface area contributed by atoms with E-state index in [4.69, 9.17) is 4.74 Å². The van der Waals surface area contributed by atoms with Crippen LogP contribution in [0.25, 0.3) is 0 Å². The summed E-state index contributed by atoms with van der Waals surface area (Å²) in [4.78, 5) is 4.57. The molecule has 1 unspecified atom stereocenters. The maximum atomic E-state index is 5.84. The molecule has 0 saturated carbocycles. The largest absolute Gasteiger partial charge is 0.377 e. The van der Waals surface area contributed by atoms with E-state index in [9.17, 15) is 0 Å². The zero-order chi connectivity index (χ0) is 10.4. The predicted molar refractivity (Wildman–Crippen MR) is 59.6 cm³/mol. The second kappa shape index (κ2) is 6.38. The number of piperidine rings is 1. The standard InChI is InChI=1S/C11H24N2O/c1-12(2)7-5-9-14-11-6-4-8-13(3)10-11/h11H,4-10H2,1-3H3. The fourth-order valence-corrected chi connectivity index (χ4v) is 1.89. The molecular weight excluding hydrogens is 176 g/mol. The van der Waals surface area contributed by atoms with Crippen LogP contribution in [0.4, 0.5) is 0 Å². The Labute approximate surface area is 88.0 Å². The number of hydrogen-bond donors (Lipinski definition) is 0. The van der Waals surface area contributed by atoms with Crippen LogP contribution in [-0.4, -0.2) is 63.3 Å². The van der Waals surface area contributed by atoms with Gasteiger partial charge >= 0.3 is 0 Å². The van der Waals surface area contributed by atoms with Gasteiger partial charge in [0.05, 0.1) is 6.10 Å². The molecule has 1 rings (SSSR count). The van der Waals surface area contributed by atoms with E-state index in [0.29, 0.717) is 6.10 Å². The van der Waals surface area contributed by atoms with Gasteiger partial charge in [-0.3, -0.25) is 0 Å². The van der Waals surface area contributed by atoms with Crippen molar-refractivity contribution in [3.8, 4) is 0 Å². The lowest BCUT2D eigenvalue weighted by molar-refractivity contribution is 0.00391. The summed E-state index contributed by atoms with van der Waals surface area (Å²) in [6, 6.07) is 0. The van der Waals surface area contributed by atoms with Crippen LogP contribution in [0, 0.1) is 0 Å². The smallest absolute Gasteiger partial charge is 0.0702 e. The third kappa shape index (κ3) is 4.94. The summed E-state index contributed by atoms with van der Waals surface area (Å²) in [7, 11) is 6.39. The van der Waals surface area contributed by atoms with Crippen molar-refractivity contribution >= 4 is 0 Å². The van der Waals surface area contributed by atoms with E-state index in [2.05, 4.69) is 30.9 Å². The van der Waals surface area contributed by atoms with Crippen LogP contribution >= 0.6 is 0 Å². The molecule has 0 N–H and O–H groups in total. The molecule has 14 heavy (non-hydrogen) atoms. The van der Waals surface area contributed by atoms with E-state index in [1.807, 2.05) is 0 Å². The lowest BCUT2D eigenvalue weighted by atomic mass is 10.1. The van der Waals surface area contributed by atoms with Crippen molar-refractivity contribution in [1.82, 2.24) is 9.80 Å². The van der Waals surface area contributed by atoms with Crippen molar-refractivity contribution in [1.29, 1.82) is 0 Å². The molecule has 1 heterocycles. The van der Waals surface area contributed by atoms with E-state index < -0.39 is 0 Å². The zero-order valence-corrected chi connectivity index (χ0v) is 9.83. The molecule has 0 aromatic carbocycles. The Hall–Kier alpha value is -0.120. The second-order valence-corrected chi connectivity index (χ2v) is 4.55. The van der Waals surface area contributed by atoms with Crippen LogP contribution in [0.3, 0.4) is 0 Å². The van der Waals surface area contributed by atoms with Gasteiger partial charge in [-0.25, -0.2) is 0 Å². The fourth-order valence-electron chi connectivity index (χ4n) is 1.89. The topological polar surface area (TPSA) is 15.7 Å². The van der Waals surface area contributed by atoms with Gasteiger partial charge in [0, 0.05) is 13.2 Å². The van der Waals surface area contributed by atoms with Crippen molar-refractivity contribution in [3.05, 3.63) is 0 Å². The van der Waals surface area contributed by atoms with Gasteiger partial charge in [-0.05, 0) is 53.5 Å². The Morgan fingerprint density at radius 1 is 1.43 bits per heavy atom. The molecule has 1 fully saturated rings. The molecule has 3 heteroatoms. The average Bonchev–Trinajstić information content (AvgIpc) is 2.12. The summed E-state index contributed by atoms with van der Waals surface area (Å²) in [5.41, 5.74) is 0. The monoisotopic (exact) mass is 200 g/mol. The molecule has 84 valence electrons. The lowest BCUT2D eigenvalue weighted by Crippen LogP contribution is -2.37. The first-order valence-corrected chi connectivity index (χ1v) is 5.63. The Bertz CT molecular complexity index is 150. The van der Waals surface area contributed by atoms with E-state index in [-0.39, 0.29) is 0 Å². The molecule has 0 radical (unpaired) electrons. The van der Waals surface area contributed by atoms with Crippen LogP contribution < -0.4 is 0 Å². The summed E-state index contributed by atoms with van der Waals surface area (Å²) < 4.78 is 5.84. The molecule has 0 bridgehead atoms. The molecule has 3 nitrogen and oxygen atoms in total. The van der Waals surface area contributed by atoms with Gasteiger partial charge in [0.25, 0.3) is 0 Å². The summed E-state index contributed by atoms with van der Waals surface area (Å²) in [5.74, 6) is 0. The summed E-state index contributed by atoms with van der Waals surface area (Å²) >= 11 is 0. The minimum atomic E-state index is 0.482. The molecule has 0 aromatic heterocycles. The number of hydrogen-bond acceptors (Lipinski definition) is 3. The molecule has 1 aliphatic rings. The van der Waals surface area contributed by atoms with E-state index in [0.717, 1.165) is 26.1 Å². The van der Waals surface area contributed by atoms with Crippen LogP contribution in [0.15, 0.2) is 0 Å². The molecule has 0 aromatic rings. The van der Waals surface area contributed by atoms with Gasteiger partial charge in [-0.1, -0.05) is 0 Å². The zero-order valence-electron chi connectivity index (χ0n) is 9.83. The first-order chi connectivity index (χ1) is 6.68. The predicted octanol–water partition coefficient (Wildman–Crippen LogP) is 1.05. The molecule has 1 atom stereocenters. The van der Waals surface area contributed by atoms with Crippen molar-refractivity contribution in [2.24, 2.45) is 0 Å². The molecule has 1 aliphatic heterocycles. The molecule has 0 amide bonds. The van der Waals surface area contributed by atoms with E-state index in [1.165, 1.54) is 19.4 Å². The van der Waals surface area contributed by atoms with Gasteiger partial charge in [-0.15, -0.1) is 0 Å². The van der Waals surface area contributed by atoms with Crippen LogP contribution in [-0.2, 0) is 4.74 Å². The van der Waals surface area contributed by atoms with Gasteiger partial charge in [0.15, 0.2) is 0 Å². The lowest BCUT2D eigenvalue weighted by Gasteiger charge is -2.29. The number of nitrogens with zero attached hydrogens (tertiary/aromatic N) is 2. The normalized spacial score (nSPS) is 24.4. The number of likely N-dealkylation sites (tertiary alicyclic amines) is 1. The molecular formula is C11H24N2O. The summed E-state index contributed by atoms with van der Waals surface area (Å²) in [6.45, 7) is 4.39. The van der Waals surface area contributed by atoms with Crippen molar-refractivity contribution in [2.45, 2.75) is 25.4 Å². The minimum absolute atomic E-state index is 0.482. The van der Waals surface area contributed by atoms with Crippen molar-refractivity contribution in [2.75, 3.05) is 47.4 Å². The maximum Gasteiger partial charge on any atom is 0.0702 e. The first-order valence-electron chi connectivity index (χ1n) is 5.63. The van der Waals surface area contributed by atoms with Crippen LogP contribution in [0.1, 0.15) is 19.3 Å². The highest BCUT2D eigenvalue weighted by molar-refractivity contribution is 4.70. The highest BCUT2D eigenvalue weighted by atomic mass is 16.5. The highest BCUT2D eigenvalue weighted by Crippen LogP contribution is 2.11. The van der Waals surface area contributed by atoms with Crippen molar-refractivity contribution in [3.63, 3.8) is 0 Å². The van der Waals surface area contributed by atoms with Crippen molar-refractivity contribution < 1.29 is 4.74 Å². The summed E-state index contributed by atoms with van der Waals surface area (Å²) in [5, 5.41) is 0. The maximum absolute atomic E-state index is 5.84. The van der Waals surface area contributed by atoms with E-state index >= 15 is 0 Å². The van der Waals surface area contributed by atoms with Crippen LogP contribution in [0.5, 0.6) is 0 Å². The molecule has 0 spiro atoms. The minimum Gasteiger partial charge on any atom is -0.377 e. The second-order valence-electron chi connectivity index (χ2n) is 4.55.